The maximum absolute atomic E-state index is 14.4. The molecule has 2 aliphatic carbocycles. The third kappa shape index (κ3) is 3.05. The van der Waals surface area contributed by atoms with Crippen molar-refractivity contribution in [2.45, 2.75) is 50.9 Å². The first-order valence-electron chi connectivity index (χ1n) is 11.3. The smallest absolute Gasteiger partial charge is 0.181 e. The van der Waals surface area contributed by atoms with Crippen LogP contribution in [0.3, 0.4) is 0 Å². The van der Waals surface area contributed by atoms with Crippen LogP contribution in [0.2, 0.25) is 0 Å². The number of nitrogens with zero attached hydrogens (tertiary/aromatic N) is 3. The summed E-state index contributed by atoms with van der Waals surface area (Å²) in [6.45, 7) is 4.28. The summed E-state index contributed by atoms with van der Waals surface area (Å²) >= 11 is 0. The number of pyridine rings is 1. The summed E-state index contributed by atoms with van der Waals surface area (Å²) in [5, 5.41) is 17.8. The van der Waals surface area contributed by atoms with Gasteiger partial charge >= 0.3 is 0 Å². The molecule has 1 N–H and O–H groups in total. The molecule has 0 amide bonds. The fourth-order valence-electron chi connectivity index (χ4n) is 5.95. The minimum Gasteiger partial charge on any atom is -0.396 e. The maximum atomic E-state index is 14.4. The summed E-state index contributed by atoms with van der Waals surface area (Å²) in [4.78, 5) is 17.3. The highest BCUT2D eigenvalue weighted by Crippen LogP contribution is 2.69. The number of ketones is 1. The molecule has 33 heavy (non-hydrogen) atoms. The molecule has 1 aromatic carbocycles. The van der Waals surface area contributed by atoms with Crippen molar-refractivity contribution in [1.82, 2.24) is 15.2 Å². The first kappa shape index (κ1) is 21.8. The van der Waals surface area contributed by atoms with Crippen molar-refractivity contribution in [2.75, 3.05) is 6.61 Å². The third-order valence-corrected chi connectivity index (χ3v) is 7.64. The summed E-state index contributed by atoms with van der Waals surface area (Å²) in [6, 6.07) is 11.0. The zero-order valence-corrected chi connectivity index (χ0v) is 18.6. The number of aliphatic hydroxyl groups excluding tert-OH is 1. The Bertz CT molecular complexity index is 1240. The Kier molecular flexibility index (Phi) is 5.12. The van der Waals surface area contributed by atoms with Crippen LogP contribution < -0.4 is 0 Å². The first-order chi connectivity index (χ1) is 15.8. The third-order valence-electron chi connectivity index (χ3n) is 7.64. The number of hydrogen-bond donors (Lipinski definition) is 1. The van der Waals surface area contributed by atoms with E-state index in [9.17, 15) is 13.6 Å². The van der Waals surface area contributed by atoms with Crippen molar-refractivity contribution < 1.29 is 18.7 Å². The number of fused-ring (bicyclic) bond motifs is 5. The normalized spacial score (nSPS) is 22.4. The molecule has 2 aliphatic rings. The van der Waals surface area contributed by atoms with Crippen LogP contribution in [0.15, 0.2) is 42.5 Å². The van der Waals surface area contributed by atoms with E-state index in [-0.39, 0.29) is 41.4 Å². The predicted molar refractivity (Wildman–Crippen MR) is 119 cm³/mol. The number of hydrogen-bond acceptors (Lipinski definition) is 5. The van der Waals surface area contributed by atoms with E-state index < -0.39 is 17.0 Å². The molecule has 7 heteroatoms. The lowest BCUT2D eigenvalue weighted by Crippen LogP contribution is -2.38. The summed E-state index contributed by atoms with van der Waals surface area (Å²) in [5.74, 6) is -1.31. The second-order valence-corrected chi connectivity index (χ2v) is 9.51. The highest BCUT2D eigenvalue weighted by atomic mass is 19.1. The van der Waals surface area contributed by atoms with Crippen LogP contribution in [0.25, 0.3) is 11.3 Å². The zero-order valence-electron chi connectivity index (χ0n) is 18.6. The molecule has 0 spiro atoms. The monoisotopic (exact) mass is 449 g/mol. The molecule has 3 aromatic rings. The molecule has 0 aliphatic heterocycles. The van der Waals surface area contributed by atoms with Gasteiger partial charge in [0, 0.05) is 13.0 Å². The molecule has 0 saturated heterocycles. The lowest BCUT2D eigenvalue weighted by Gasteiger charge is -2.37. The Morgan fingerprint density at radius 1 is 1.12 bits per heavy atom. The molecule has 0 unspecified atom stereocenters. The molecule has 2 bridgehead atoms. The van der Waals surface area contributed by atoms with Crippen molar-refractivity contribution in [3.63, 3.8) is 0 Å². The van der Waals surface area contributed by atoms with Crippen LogP contribution in [0.5, 0.6) is 0 Å². The second-order valence-electron chi connectivity index (χ2n) is 9.51. The van der Waals surface area contributed by atoms with Gasteiger partial charge in [-0.15, -0.1) is 5.10 Å². The molecule has 1 fully saturated rings. The topological polar surface area (TPSA) is 76.0 Å². The number of halogens is 2. The van der Waals surface area contributed by atoms with Crippen molar-refractivity contribution in [1.29, 1.82) is 0 Å². The van der Waals surface area contributed by atoms with Gasteiger partial charge in [0.15, 0.2) is 5.78 Å². The van der Waals surface area contributed by atoms with E-state index in [1.165, 1.54) is 18.2 Å². The SMILES string of the molecule is CC1(C)[C@H]2CC[C@]1(c1cccc(C(=O)CCCO)n1)c1nnc(-c3c(F)cccc3F)cc12. The summed E-state index contributed by atoms with van der Waals surface area (Å²) in [7, 11) is 0. The Morgan fingerprint density at radius 3 is 2.58 bits per heavy atom. The van der Waals surface area contributed by atoms with Gasteiger partial charge in [-0.2, -0.15) is 5.10 Å². The summed E-state index contributed by atoms with van der Waals surface area (Å²) in [5.41, 5.74) is 2.06. The lowest BCUT2D eigenvalue weighted by atomic mass is 9.66. The molecule has 170 valence electrons. The summed E-state index contributed by atoms with van der Waals surface area (Å²) in [6.07, 6.45) is 2.32. The number of aromatic nitrogens is 3. The minimum absolute atomic E-state index is 0.0437. The number of carbonyl (C=O) groups excluding carboxylic acids is 1. The van der Waals surface area contributed by atoms with E-state index in [1.54, 1.807) is 12.1 Å². The second kappa shape index (κ2) is 7.76. The molecule has 5 rings (SSSR count). The van der Waals surface area contributed by atoms with Gasteiger partial charge in [-0.3, -0.25) is 4.79 Å². The zero-order chi connectivity index (χ0) is 23.4. The van der Waals surface area contributed by atoms with Crippen LogP contribution in [0.4, 0.5) is 8.78 Å². The van der Waals surface area contributed by atoms with Crippen LogP contribution in [-0.4, -0.2) is 32.7 Å². The van der Waals surface area contributed by atoms with Crippen LogP contribution in [0.1, 0.15) is 72.9 Å². The average Bonchev–Trinajstić information content (AvgIpc) is 3.18. The van der Waals surface area contributed by atoms with E-state index in [1.807, 2.05) is 12.1 Å². The Hall–Kier alpha value is -3.06. The van der Waals surface area contributed by atoms with E-state index in [0.717, 1.165) is 29.8 Å². The van der Waals surface area contributed by atoms with Crippen molar-refractivity contribution in [3.8, 4) is 11.3 Å². The maximum Gasteiger partial charge on any atom is 0.181 e. The fourth-order valence-corrected chi connectivity index (χ4v) is 5.95. The number of benzene rings is 1. The number of carbonyl (C=O) groups is 1. The predicted octanol–water partition coefficient (Wildman–Crippen LogP) is 4.98. The van der Waals surface area contributed by atoms with Gasteiger partial charge in [0.25, 0.3) is 0 Å². The molecule has 1 saturated carbocycles. The molecule has 2 heterocycles. The standard InChI is InChI=1S/C26H25F2N3O2/c1-25(2)16-11-12-26(25,22-10-4-8-19(29-22)21(33)9-5-13-32)24-15(16)14-20(30-31-24)23-17(27)6-3-7-18(23)28/h3-4,6-8,10,14,16,32H,5,9,11-13H2,1-2H3/t16-,26-/m0/s1. The fraction of sp³-hybridized carbons (Fsp3) is 0.385. The van der Waals surface area contributed by atoms with Gasteiger partial charge < -0.3 is 5.11 Å². The van der Waals surface area contributed by atoms with Gasteiger partial charge in [0.1, 0.15) is 17.3 Å². The Labute approximate surface area is 190 Å². The van der Waals surface area contributed by atoms with Crippen molar-refractivity contribution in [3.05, 3.63) is 76.7 Å². The molecular weight excluding hydrogens is 424 g/mol. The molecule has 2 aromatic heterocycles. The quantitative estimate of drug-likeness (QED) is 0.538. The number of rotatable bonds is 6. The van der Waals surface area contributed by atoms with Gasteiger partial charge in [-0.05, 0) is 66.5 Å². The highest BCUT2D eigenvalue weighted by molar-refractivity contribution is 5.94. The highest BCUT2D eigenvalue weighted by Gasteiger charge is 2.65. The van der Waals surface area contributed by atoms with Crippen LogP contribution in [0, 0.1) is 17.0 Å². The van der Waals surface area contributed by atoms with Gasteiger partial charge in [0.05, 0.1) is 28.1 Å². The lowest BCUT2D eigenvalue weighted by molar-refractivity contribution is 0.0965. The van der Waals surface area contributed by atoms with E-state index >= 15 is 0 Å². The minimum atomic E-state index is -0.669. The number of Topliss-reactive ketones (excluding diaryl/α,β-unsaturated/α-hetero) is 1. The van der Waals surface area contributed by atoms with E-state index in [2.05, 4.69) is 24.0 Å². The molecule has 5 nitrogen and oxygen atoms in total. The van der Waals surface area contributed by atoms with Crippen molar-refractivity contribution in [2.24, 2.45) is 5.41 Å². The Balaban J connectivity index is 1.63. The molecule has 0 radical (unpaired) electrons. The van der Waals surface area contributed by atoms with E-state index in [0.29, 0.717) is 12.1 Å². The van der Waals surface area contributed by atoms with Crippen LogP contribution >= 0.6 is 0 Å². The molecule has 2 atom stereocenters. The largest absolute Gasteiger partial charge is 0.396 e. The summed E-state index contributed by atoms with van der Waals surface area (Å²) < 4.78 is 28.8. The van der Waals surface area contributed by atoms with Gasteiger partial charge in [-0.25, -0.2) is 13.8 Å². The van der Waals surface area contributed by atoms with Crippen molar-refractivity contribution >= 4 is 5.78 Å². The van der Waals surface area contributed by atoms with E-state index in [4.69, 9.17) is 10.1 Å². The van der Waals surface area contributed by atoms with Crippen LogP contribution in [-0.2, 0) is 5.41 Å². The Morgan fingerprint density at radius 2 is 1.85 bits per heavy atom. The average molecular weight is 450 g/mol. The molecular formula is C26H25F2N3O2. The van der Waals surface area contributed by atoms with Gasteiger partial charge in [0.2, 0.25) is 0 Å². The van der Waals surface area contributed by atoms with Gasteiger partial charge in [-0.1, -0.05) is 26.0 Å². The number of aliphatic hydroxyl groups is 1. The first-order valence-corrected chi connectivity index (χ1v) is 11.3.